The molecule has 0 spiro atoms. The van der Waals surface area contributed by atoms with Gasteiger partial charge in [0.2, 0.25) is 17.7 Å². The Morgan fingerprint density at radius 2 is 2.00 bits per heavy atom. The summed E-state index contributed by atoms with van der Waals surface area (Å²) in [6.07, 6.45) is 4.25. The predicted molar refractivity (Wildman–Crippen MR) is 110 cm³/mol. The van der Waals surface area contributed by atoms with Crippen molar-refractivity contribution in [2.24, 2.45) is 0 Å². The Labute approximate surface area is 173 Å². The predicted octanol–water partition coefficient (Wildman–Crippen LogP) is 3.18. The van der Waals surface area contributed by atoms with E-state index in [-0.39, 0.29) is 12.3 Å². The molecule has 152 valence electrons. The van der Waals surface area contributed by atoms with Crippen LogP contribution in [0.2, 0.25) is 0 Å². The van der Waals surface area contributed by atoms with Crippen LogP contribution in [0, 0.1) is 0 Å². The fourth-order valence-electron chi connectivity index (χ4n) is 2.91. The molecule has 0 aliphatic heterocycles. The van der Waals surface area contributed by atoms with Gasteiger partial charge >= 0.3 is 0 Å². The zero-order valence-corrected chi connectivity index (χ0v) is 16.5. The molecule has 0 aliphatic carbocycles. The van der Waals surface area contributed by atoms with Crippen LogP contribution in [0.5, 0.6) is 5.75 Å². The zero-order chi connectivity index (χ0) is 20.8. The summed E-state index contributed by atoms with van der Waals surface area (Å²) in [6, 6.07) is 17.1. The summed E-state index contributed by atoms with van der Waals surface area (Å²) in [5, 5.41) is 15.3. The molecule has 8 nitrogen and oxygen atoms in total. The summed E-state index contributed by atoms with van der Waals surface area (Å²) in [4.78, 5) is 12.2. The van der Waals surface area contributed by atoms with E-state index in [0.29, 0.717) is 24.7 Å². The van der Waals surface area contributed by atoms with E-state index in [0.717, 1.165) is 22.6 Å². The number of rotatable bonds is 8. The first-order valence-electron chi connectivity index (χ1n) is 9.54. The maximum absolute atomic E-state index is 12.2. The van der Waals surface area contributed by atoms with Gasteiger partial charge in [-0.05, 0) is 24.3 Å². The van der Waals surface area contributed by atoms with Crippen LogP contribution >= 0.6 is 0 Å². The molecule has 0 atom stereocenters. The number of aromatic nitrogens is 4. The van der Waals surface area contributed by atoms with Gasteiger partial charge in [0.05, 0.1) is 19.0 Å². The van der Waals surface area contributed by atoms with E-state index in [2.05, 4.69) is 20.6 Å². The minimum Gasteiger partial charge on any atom is -0.497 e. The van der Waals surface area contributed by atoms with Crippen molar-refractivity contribution in [3.63, 3.8) is 0 Å². The number of nitrogens with zero attached hydrogens (tertiary/aromatic N) is 4. The number of benzene rings is 2. The molecule has 0 unspecified atom stereocenters. The topological polar surface area (TPSA) is 95.1 Å². The lowest BCUT2D eigenvalue weighted by Crippen LogP contribution is -2.22. The van der Waals surface area contributed by atoms with Gasteiger partial charge in [0.25, 0.3) is 0 Å². The van der Waals surface area contributed by atoms with Gasteiger partial charge < -0.3 is 14.5 Å². The molecule has 1 amide bonds. The zero-order valence-electron chi connectivity index (χ0n) is 16.5. The van der Waals surface area contributed by atoms with Crippen molar-refractivity contribution in [1.82, 2.24) is 25.3 Å². The first-order valence-corrected chi connectivity index (χ1v) is 9.54. The Morgan fingerprint density at radius 1 is 1.13 bits per heavy atom. The Morgan fingerprint density at radius 3 is 2.83 bits per heavy atom. The molecule has 1 N–H and O–H groups in total. The molecule has 0 bridgehead atoms. The van der Waals surface area contributed by atoms with Gasteiger partial charge in [0, 0.05) is 42.8 Å². The molecule has 0 saturated carbocycles. The monoisotopic (exact) mass is 403 g/mol. The number of hydrogen-bond donors (Lipinski definition) is 1. The molecule has 0 radical (unpaired) electrons. The molecule has 4 aromatic rings. The van der Waals surface area contributed by atoms with Crippen molar-refractivity contribution >= 4 is 5.91 Å². The van der Waals surface area contributed by atoms with E-state index >= 15 is 0 Å². The summed E-state index contributed by atoms with van der Waals surface area (Å²) >= 11 is 0. The van der Waals surface area contributed by atoms with Crippen molar-refractivity contribution < 1.29 is 13.9 Å². The fraction of sp³-hybridized carbons (Fsp3) is 0.182. The quantitative estimate of drug-likeness (QED) is 0.486. The van der Waals surface area contributed by atoms with Gasteiger partial charge in [0.15, 0.2) is 0 Å². The summed E-state index contributed by atoms with van der Waals surface area (Å²) in [7, 11) is 1.62. The minimum absolute atomic E-state index is 0.0939. The number of methoxy groups -OCH3 is 1. The first kappa shape index (κ1) is 19.4. The molecule has 0 fully saturated rings. The number of amides is 1. The highest BCUT2D eigenvalue weighted by atomic mass is 16.5. The third-order valence-corrected chi connectivity index (χ3v) is 4.50. The van der Waals surface area contributed by atoms with Crippen molar-refractivity contribution in [2.45, 2.75) is 19.4 Å². The minimum atomic E-state index is -0.0939. The lowest BCUT2D eigenvalue weighted by atomic mass is 10.2. The van der Waals surface area contributed by atoms with Gasteiger partial charge in [0.1, 0.15) is 5.75 Å². The highest BCUT2D eigenvalue weighted by molar-refractivity contribution is 5.76. The normalized spacial score (nSPS) is 10.7. The average molecular weight is 403 g/mol. The summed E-state index contributed by atoms with van der Waals surface area (Å²) < 4.78 is 12.6. The van der Waals surface area contributed by atoms with Gasteiger partial charge in [-0.2, -0.15) is 5.10 Å². The number of aryl methyl sites for hydroxylation is 1. The van der Waals surface area contributed by atoms with Crippen LogP contribution in [0.4, 0.5) is 0 Å². The van der Waals surface area contributed by atoms with Gasteiger partial charge in [-0.15, -0.1) is 10.2 Å². The van der Waals surface area contributed by atoms with Crippen LogP contribution in [0.1, 0.15) is 17.9 Å². The lowest BCUT2D eigenvalue weighted by Gasteiger charge is -2.04. The van der Waals surface area contributed by atoms with Crippen LogP contribution in [0.15, 0.2) is 71.4 Å². The Kier molecular flexibility index (Phi) is 5.84. The molecule has 2 aromatic heterocycles. The second-order valence-corrected chi connectivity index (χ2v) is 6.64. The molecule has 8 heteroatoms. The Bertz CT molecular complexity index is 1120. The molecule has 2 aromatic carbocycles. The molecular formula is C22H21N5O3. The second-order valence-electron chi connectivity index (χ2n) is 6.64. The fourth-order valence-corrected chi connectivity index (χ4v) is 2.91. The Hall–Kier alpha value is -3.94. The van der Waals surface area contributed by atoms with Crippen molar-refractivity contribution in [1.29, 1.82) is 0 Å². The van der Waals surface area contributed by atoms with E-state index in [1.54, 1.807) is 18.0 Å². The van der Waals surface area contributed by atoms with Gasteiger partial charge in [-0.1, -0.05) is 24.3 Å². The van der Waals surface area contributed by atoms with Crippen LogP contribution in [0.25, 0.3) is 17.1 Å². The lowest BCUT2D eigenvalue weighted by molar-refractivity contribution is -0.121. The average Bonchev–Trinajstić information content (AvgIpc) is 3.47. The third kappa shape index (κ3) is 4.72. The SMILES string of the molecule is COc1cccc(-n2cc(CNC(=O)CCc3nnc(-c4ccccc4)o3)cn2)c1. The van der Waals surface area contributed by atoms with Crippen molar-refractivity contribution in [3.05, 3.63) is 78.4 Å². The van der Waals surface area contributed by atoms with E-state index in [9.17, 15) is 4.79 Å². The van der Waals surface area contributed by atoms with Crippen LogP contribution in [-0.2, 0) is 17.8 Å². The molecule has 4 rings (SSSR count). The molecule has 0 saturated heterocycles. The van der Waals surface area contributed by atoms with Crippen molar-refractivity contribution in [2.75, 3.05) is 7.11 Å². The van der Waals surface area contributed by atoms with E-state index in [1.165, 1.54) is 0 Å². The van der Waals surface area contributed by atoms with Crippen LogP contribution < -0.4 is 10.1 Å². The number of carbonyl (C=O) groups excluding carboxylic acids is 1. The number of nitrogens with one attached hydrogen (secondary N) is 1. The van der Waals surface area contributed by atoms with E-state index in [1.807, 2.05) is 60.8 Å². The number of hydrogen-bond acceptors (Lipinski definition) is 6. The van der Waals surface area contributed by atoms with E-state index in [4.69, 9.17) is 9.15 Å². The van der Waals surface area contributed by atoms with Gasteiger partial charge in [-0.3, -0.25) is 4.79 Å². The Balaban J connectivity index is 1.27. The van der Waals surface area contributed by atoms with Crippen LogP contribution in [0.3, 0.4) is 0 Å². The summed E-state index contributed by atoms with van der Waals surface area (Å²) in [6.45, 7) is 0.391. The maximum atomic E-state index is 12.2. The number of ether oxygens (including phenoxy) is 1. The molecule has 30 heavy (non-hydrogen) atoms. The first-order chi connectivity index (χ1) is 14.7. The molecule has 0 aliphatic rings. The highest BCUT2D eigenvalue weighted by Crippen LogP contribution is 2.18. The summed E-state index contributed by atoms with van der Waals surface area (Å²) in [5.41, 5.74) is 2.64. The highest BCUT2D eigenvalue weighted by Gasteiger charge is 2.11. The van der Waals surface area contributed by atoms with Gasteiger partial charge in [-0.25, -0.2) is 4.68 Å². The molecule has 2 heterocycles. The largest absolute Gasteiger partial charge is 0.497 e. The van der Waals surface area contributed by atoms with Crippen molar-refractivity contribution in [3.8, 4) is 22.9 Å². The standard InChI is InChI=1S/C22H21N5O3/c1-29-19-9-5-8-18(12-19)27-15-16(14-24-27)13-23-20(28)10-11-21-25-26-22(30-21)17-6-3-2-4-7-17/h2-9,12,14-15H,10-11,13H2,1H3,(H,23,28). The smallest absolute Gasteiger partial charge is 0.247 e. The second kappa shape index (κ2) is 9.04. The molecular weight excluding hydrogens is 382 g/mol. The number of carbonyl (C=O) groups is 1. The van der Waals surface area contributed by atoms with Crippen LogP contribution in [-0.4, -0.2) is 33.0 Å². The summed E-state index contributed by atoms with van der Waals surface area (Å²) in [5.74, 6) is 1.56. The van der Waals surface area contributed by atoms with E-state index < -0.39 is 0 Å². The maximum Gasteiger partial charge on any atom is 0.247 e. The third-order valence-electron chi connectivity index (χ3n) is 4.50.